The minimum absolute atomic E-state index is 0.0949. The van der Waals surface area contributed by atoms with E-state index in [0.717, 1.165) is 70.6 Å². The molecular weight excluding hydrogens is 877 g/mol. The Hall–Kier alpha value is -3.15. The molecule has 0 heterocycles. The second kappa shape index (κ2) is 59.4. The molecule has 0 spiro atoms. The lowest BCUT2D eigenvalue weighted by molar-refractivity contribution is -0.166. The summed E-state index contributed by atoms with van der Waals surface area (Å²) in [5.74, 6) is -0.968. The fraction of sp³-hybridized carbons (Fsp3) is 0.769. The molecule has 0 bridgehead atoms. The predicted molar refractivity (Wildman–Crippen MR) is 307 cm³/mol. The van der Waals surface area contributed by atoms with Gasteiger partial charge in [-0.2, -0.15) is 0 Å². The van der Waals surface area contributed by atoms with E-state index in [1.165, 1.54) is 186 Å². The zero-order valence-electron chi connectivity index (χ0n) is 47.0. The first kappa shape index (κ1) is 67.8. The molecule has 0 radical (unpaired) electrons. The highest BCUT2D eigenvalue weighted by atomic mass is 16.6. The van der Waals surface area contributed by atoms with Crippen molar-refractivity contribution in [3.05, 3.63) is 72.9 Å². The Kier molecular flexibility index (Phi) is 56.8. The van der Waals surface area contributed by atoms with E-state index in [-0.39, 0.29) is 37.5 Å². The molecule has 0 aliphatic carbocycles. The maximum absolute atomic E-state index is 12.9. The topological polar surface area (TPSA) is 78.9 Å². The lowest BCUT2D eigenvalue weighted by Crippen LogP contribution is -2.30. The van der Waals surface area contributed by atoms with Gasteiger partial charge in [0.25, 0.3) is 0 Å². The quantitative estimate of drug-likeness (QED) is 0.0261. The Morgan fingerprint density at radius 2 is 0.577 bits per heavy atom. The fourth-order valence-electron chi connectivity index (χ4n) is 8.67. The van der Waals surface area contributed by atoms with Gasteiger partial charge in [-0.15, -0.1) is 0 Å². The van der Waals surface area contributed by atoms with Crippen LogP contribution in [0.15, 0.2) is 72.9 Å². The van der Waals surface area contributed by atoms with Gasteiger partial charge in [0.2, 0.25) is 0 Å². The average Bonchev–Trinajstić information content (AvgIpc) is 3.37. The highest BCUT2D eigenvalue weighted by Gasteiger charge is 2.19. The van der Waals surface area contributed by atoms with Gasteiger partial charge < -0.3 is 14.2 Å². The first-order chi connectivity index (χ1) is 35.0. The number of carbonyl (C=O) groups excluding carboxylic acids is 3. The van der Waals surface area contributed by atoms with E-state index >= 15 is 0 Å². The first-order valence-corrected chi connectivity index (χ1v) is 30.4. The van der Waals surface area contributed by atoms with E-state index in [2.05, 4.69) is 87.6 Å². The molecule has 0 rings (SSSR count). The third-order valence-corrected chi connectivity index (χ3v) is 13.2. The van der Waals surface area contributed by atoms with Crippen LogP contribution in [-0.2, 0) is 28.6 Å². The van der Waals surface area contributed by atoms with E-state index in [4.69, 9.17) is 14.2 Å². The van der Waals surface area contributed by atoms with Crippen molar-refractivity contribution in [1.29, 1.82) is 0 Å². The summed E-state index contributed by atoms with van der Waals surface area (Å²) in [5, 5.41) is 0. The molecule has 1 atom stereocenters. The van der Waals surface area contributed by atoms with Crippen molar-refractivity contribution >= 4 is 17.9 Å². The number of hydrogen-bond donors (Lipinski definition) is 0. The van der Waals surface area contributed by atoms with Gasteiger partial charge in [0.15, 0.2) is 6.10 Å². The molecule has 0 aromatic carbocycles. The molecule has 1 unspecified atom stereocenters. The SMILES string of the molecule is CC/C=C\C/C=C\C/C=C\C/C=C\CCC(=O)OCC(COC(=O)CCCCCCCCCCCCCCC/C=C\C/C=C\CCCCCCC)OC(=O)CCCCCCCCCCCCCCCCC. The Bertz CT molecular complexity index is 1320. The summed E-state index contributed by atoms with van der Waals surface area (Å²) < 4.78 is 16.8. The van der Waals surface area contributed by atoms with Crippen LogP contribution in [0.5, 0.6) is 0 Å². The van der Waals surface area contributed by atoms with Crippen molar-refractivity contribution in [1.82, 2.24) is 0 Å². The number of unbranched alkanes of at least 4 members (excludes halogenated alkanes) is 32. The molecule has 0 aromatic heterocycles. The van der Waals surface area contributed by atoms with E-state index < -0.39 is 6.10 Å². The van der Waals surface area contributed by atoms with Crippen LogP contribution in [0.2, 0.25) is 0 Å². The summed E-state index contributed by atoms with van der Waals surface area (Å²) in [6, 6.07) is 0. The number of hydrogen-bond acceptors (Lipinski definition) is 6. The first-order valence-electron chi connectivity index (χ1n) is 30.4. The van der Waals surface area contributed by atoms with Gasteiger partial charge in [-0.3, -0.25) is 14.4 Å². The normalized spacial score (nSPS) is 12.5. The number of esters is 3. The highest BCUT2D eigenvalue weighted by molar-refractivity contribution is 5.71. The van der Waals surface area contributed by atoms with Gasteiger partial charge in [0, 0.05) is 19.3 Å². The minimum Gasteiger partial charge on any atom is -0.462 e. The molecule has 0 aliphatic heterocycles. The molecule has 6 heteroatoms. The van der Waals surface area contributed by atoms with Crippen LogP contribution >= 0.6 is 0 Å². The minimum atomic E-state index is -0.802. The Morgan fingerprint density at radius 1 is 0.296 bits per heavy atom. The van der Waals surface area contributed by atoms with Gasteiger partial charge in [0.05, 0.1) is 0 Å². The van der Waals surface area contributed by atoms with Gasteiger partial charge in [-0.05, 0) is 77.0 Å². The second-order valence-electron chi connectivity index (χ2n) is 20.2. The van der Waals surface area contributed by atoms with E-state index in [0.29, 0.717) is 19.3 Å². The summed E-state index contributed by atoms with van der Waals surface area (Å²) in [5.41, 5.74) is 0. The number of allylic oxidation sites excluding steroid dienone is 12. The maximum Gasteiger partial charge on any atom is 0.306 e. The lowest BCUT2D eigenvalue weighted by Gasteiger charge is -2.18. The standard InChI is InChI=1S/C65H114O6/c1-4-7-10-13-16-19-22-25-27-28-29-30-31-32-33-34-35-36-38-40-43-46-49-52-55-58-64(67)70-61-62(60-69-63(66)57-54-51-48-45-42-39-24-21-18-15-12-9-6-3)71-65(68)59-56-53-50-47-44-41-37-26-23-20-17-14-11-8-5-2/h9,12,18,21-22,25,28-29,39,42,48,51,62H,4-8,10-11,13-17,19-20,23-24,26-27,30-38,40-41,43-47,49-50,52-61H2,1-3H3/b12-9-,21-18-,25-22-,29-28-,42-39-,51-48-. The molecule has 0 aliphatic rings. The molecule has 0 N–H and O–H groups in total. The maximum atomic E-state index is 12.9. The molecule has 71 heavy (non-hydrogen) atoms. The fourth-order valence-corrected chi connectivity index (χ4v) is 8.67. The average molecular weight is 992 g/mol. The molecule has 0 aromatic rings. The van der Waals surface area contributed by atoms with Crippen molar-refractivity contribution in [2.75, 3.05) is 13.2 Å². The largest absolute Gasteiger partial charge is 0.462 e. The molecule has 6 nitrogen and oxygen atoms in total. The Balaban J connectivity index is 4.30. The summed E-state index contributed by atoms with van der Waals surface area (Å²) in [6.07, 6.45) is 76.4. The van der Waals surface area contributed by atoms with Crippen LogP contribution in [0, 0.1) is 0 Å². The van der Waals surface area contributed by atoms with Gasteiger partial charge in [0.1, 0.15) is 13.2 Å². The summed E-state index contributed by atoms with van der Waals surface area (Å²) in [6.45, 7) is 6.48. The number of carbonyl (C=O) groups is 3. The summed E-state index contributed by atoms with van der Waals surface area (Å²) in [7, 11) is 0. The van der Waals surface area contributed by atoms with Crippen LogP contribution in [0.3, 0.4) is 0 Å². The van der Waals surface area contributed by atoms with E-state index in [1.807, 2.05) is 6.08 Å². The van der Waals surface area contributed by atoms with Crippen molar-refractivity contribution in [2.24, 2.45) is 0 Å². The van der Waals surface area contributed by atoms with Crippen molar-refractivity contribution in [2.45, 2.75) is 309 Å². The van der Waals surface area contributed by atoms with Crippen LogP contribution in [0.25, 0.3) is 0 Å². The van der Waals surface area contributed by atoms with Crippen LogP contribution < -0.4 is 0 Å². The molecule has 0 saturated carbocycles. The van der Waals surface area contributed by atoms with Gasteiger partial charge >= 0.3 is 17.9 Å². The molecule has 0 amide bonds. The van der Waals surface area contributed by atoms with E-state index in [1.54, 1.807) is 0 Å². The predicted octanol–water partition coefficient (Wildman–Crippen LogP) is 20.5. The van der Waals surface area contributed by atoms with Crippen LogP contribution in [0.4, 0.5) is 0 Å². The van der Waals surface area contributed by atoms with Crippen molar-refractivity contribution in [3.8, 4) is 0 Å². The van der Waals surface area contributed by atoms with Crippen molar-refractivity contribution < 1.29 is 28.6 Å². The lowest BCUT2D eigenvalue weighted by atomic mass is 10.0. The summed E-state index contributed by atoms with van der Waals surface area (Å²) >= 11 is 0. The van der Waals surface area contributed by atoms with Gasteiger partial charge in [-0.1, -0.05) is 280 Å². The highest BCUT2D eigenvalue weighted by Crippen LogP contribution is 2.16. The molecule has 410 valence electrons. The zero-order valence-corrected chi connectivity index (χ0v) is 47.0. The Morgan fingerprint density at radius 3 is 0.944 bits per heavy atom. The smallest absolute Gasteiger partial charge is 0.306 e. The number of ether oxygens (including phenoxy) is 3. The molecule has 0 fully saturated rings. The third-order valence-electron chi connectivity index (χ3n) is 13.2. The van der Waals surface area contributed by atoms with Crippen molar-refractivity contribution in [3.63, 3.8) is 0 Å². The van der Waals surface area contributed by atoms with Gasteiger partial charge in [-0.25, -0.2) is 0 Å². The molecular formula is C65H114O6. The van der Waals surface area contributed by atoms with Crippen LogP contribution in [-0.4, -0.2) is 37.2 Å². The third kappa shape index (κ3) is 57.6. The monoisotopic (exact) mass is 991 g/mol. The van der Waals surface area contributed by atoms with Crippen LogP contribution in [0.1, 0.15) is 303 Å². The van der Waals surface area contributed by atoms with E-state index in [9.17, 15) is 14.4 Å². The zero-order chi connectivity index (χ0) is 51.4. The number of rotatable bonds is 55. The second-order valence-corrected chi connectivity index (χ2v) is 20.2. The molecule has 0 saturated heterocycles. The summed E-state index contributed by atoms with van der Waals surface area (Å²) in [4.78, 5) is 38.1. The Labute approximate surface area is 440 Å².